The van der Waals surface area contributed by atoms with E-state index in [0.717, 1.165) is 17.8 Å². The lowest BCUT2D eigenvalue weighted by molar-refractivity contribution is 0.185. The van der Waals surface area contributed by atoms with Gasteiger partial charge < -0.3 is 15.4 Å². The Morgan fingerprint density at radius 2 is 1.33 bits per heavy atom. The van der Waals surface area contributed by atoms with E-state index in [-0.39, 0.29) is 6.04 Å². The molecule has 5 heteroatoms. The average molecular weight is 443 g/mol. The fourth-order valence-corrected chi connectivity index (χ4v) is 3.62. The minimum atomic E-state index is 0.0925. The van der Waals surface area contributed by atoms with Crippen molar-refractivity contribution >= 4 is 34.6 Å². The predicted octanol–water partition coefficient (Wildman–Crippen LogP) is 6.89. The molecule has 0 aromatic heterocycles. The second kappa shape index (κ2) is 10.7. The number of nitrogens with one attached hydrogen (secondary N) is 2. The number of benzene rings is 3. The number of ether oxygens (including phenoxy) is 1. The molecule has 3 nitrogen and oxygen atoms in total. The summed E-state index contributed by atoms with van der Waals surface area (Å²) in [5, 5.41) is 8.13. The van der Waals surface area contributed by atoms with Gasteiger partial charge in [-0.2, -0.15) is 0 Å². The van der Waals surface area contributed by atoms with E-state index in [2.05, 4.69) is 73.0 Å². The summed E-state index contributed by atoms with van der Waals surface area (Å²) in [7, 11) is 1.72. The molecule has 0 unspecified atom stereocenters. The van der Waals surface area contributed by atoms with Crippen molar-refractivity contribution in [1.29, 1.82) is 0 Å². The standard InChI is InChI=1S/C25H28Cl2N2O/c1-17-4-8-19(9-5-17)12-21(16-30-3)29-25-14-23(27)22(26)13-24(25)28-15-20-10-6-18(2)7-11-20/h4-11,13-14,21,28-29H,12,15-16H2,1-3H3/t21-/m0/s1. The summed E-state index contributed by atoms with van der Waals surface area (Å²) in [6.45, 7) is 5.45. The molecule has 1 atom stereocenters. The zero-order valence-corrected chi connectivity index (χ0v) is 19.1. The first kappa shape index (κ1) is 22.5. The van der Waals surface area contributed by atoms with Crippen LogP contribution in [0.3, 0.4) is 0 Å². The minimum Gasteiger partial charge on any atom is -0.383 e. The van der Waals surface area contributed by atoms with E-state index in [4.69, 9.17) is 27.9 Å². The van der Waals surface area contributed by atoms with Crippen molar-refractivity contribution in [3.8, 4) is 0 Å². The van der Waals surface area contributed by atoms with E-state index in [1.54, 1.807) is 7.11 Å². The van der Waals surface area contributed by atoms with Gasteiger partial charge in [-0.3, -0.25) is 0 Å². The molecule has 0 heterocycles. The van der Waals surface area contributed by atoms with Gasteiger partial charge in [-0.1, -0.05) is 82.9 Å². The summed E-state index contributed by atoms with van der Waals surface area (Å²) in [5.41, 5.74) is 6.77. The molecular weight excluding hydrogens is 415 g/mol. The molecule has 3 rings (SSSR count). The lowest BCUT2D eigenvalue weighted by Crippen LogP contribution is -2.28. The summed E-state index contributed by atoms with van der Waals surface area (Å²) < 4.78 is 5.46. The number of anilines is 2. The van der Waals surface area contributed by atoms with E-state index in [1.165, 1.54) is 22.3 Å². The molecule has 0 bridgehead atoms. The fourth-order valence-electron chi connectivity index (χ4n) is 3.30. The molecule has 0 saturated heterocycles. The number of hydrogen-bond acceptors (Lipinski definition) is 3. The normalized spacial score (nSPS) is 11.9. The highest BCUT2D eigenvalue weighted by Gasteiger charge is 2.14. The van der Waals surface area contributed by atoms with Crippen LogP contribution in [0.25, 0.3) is 0 Å². The summed E-state index contributed by atoms with van der Waals surface area (Å²) in [5.74, 6) is 0. The van der Waals surface area contributed by atoms with Crippen molar-refractivity contribution in [2.75, 3.05) is 24.4 Å². The molecule has 0 saturated carbocycles. The second-order valence-electron chi connectivity index (χ2n) is 7.64. The number of hydrogen-bond donors (Lipinski definition) is 2. The first-order valence-corrected chi connectivity index (χ1v) is 10.8. The Balaban J connectivity index is 1.78. The molecule has 0 radical (unpaired) electrons. The molecule has 30 heavy (non-hydrogen) atoms. The van der Waals surface area contributed by atoms with Gasteiger partial charge in [0.15, 0.2) is 0 Å². The van der Waals surface area contributed by atoms with Crippen molar-refractivity contribution in [3.63, 3.8) is 0 Å². The molecule has 0 aliphatic heterocycles. The fraction of sp³-hybridized carbons (Fsp3) is 0.280. The Morgan fingerprint density at radius 3 is 1.90 bits per heavy atom. The maximum atomic E-state index is 6.33. The molecule has 0 aliphatic carbocycles. The van der Waals surface area contributed by atoms with Crippen LogP contribution in [-0.4, -0.2) is 19.8 Å². The van der Waals surface area contributed by atoms with E-state index in [9.17, 15) is 0 Å². The monoisotopic (exact) mass is 442 g/mol. The van der Waals surface area contributed by atoms with Crippen molar-refractivity contribution < 1.29 is 4.74 Å². The van der Waals surface area contributed by atoms with Gasteiger partial charge in [0, 0.05) is 13.7 Å². The minimum absolute atomic E-state index is 0.0925. The van der Waals surface area contributed by atoms with Gasteiger partial charge >= 0.3 is 0 Å². The van der Waals surface area contributed by atoms with Gasteiger partial charge in [-0.05, 0) is 43.5 Å². The van der Waals surface area contributed by atoms with Crippen molar-refractivity contribution in [3.05, 3.63) is 93.0 Å². The Morgan fingerprint density at radius 1 is 0.800 bits per heavy atom. The third-order valence-corrected chi connectivity index (χ3v) is 5.72. The molecular formula is C25H28Cl2N2O. The zero-order valence-electron chi connectivity index (χ0n) is 17.6. The lowest BCUT2D eigenvalue weighted by atomic mass is 10.0. The molecule has 2 N–H and O–H groups in total. The van der Waals surface area contributed by atoms with Gasteiger partial charge in [0.05, 0.1) is 34.1 Å². The van der Waals surface area contributed by atoms with E-state index < -0.39 is 0 Å². The summed E-state index contributed by atoms with van der Waals surface area (Å²) in [4.78, 5) is 0. The first-order chi connectivity index (χ1) is 14.4. The molecule has 3 aromatic carbocycles. The third kappa shape index (κ3) is 6.40. The quantitative estimate of drug-likeness (QED) is 0.378. The number of halogens is 2. The van der Waals surface area contributed by atoms with Crippen LogP contribution in [0.15, 0.2) is 60.7 Å². The Hall–Kier alpha value is -2.20. The van der Waals surface area contributed by atoms with Crippen LogP contribution in [-0.2, 0) is 17.7 Å². The molecule has 0 fully saturated rings. The van der Waals surface area contributed by atoms with Crippen molar-refractivity contribution in [2.24, 2.45) is 0 Å². The summed E-state index contributed by atoms with van der Waals surface area (Å²) in [6, 6.07) is 20.9. The summed E-state index contributed by atoms with van der Waals surface area (Å²) in [6.07, 6.45) is 0.839. The van der Waals surface area contributed by atoms with Gasteiger partial charge in [0.2, 0.25) is 0 Å². The Labute approximate surface area is 189 Å². The highest BCUT2D eigenvalue weighted by atomic mass is 35.5. The molecule has 0 aliphatic rings. The number of aryl methyl sites for hydroxylation is 2. The van der Waals surface area contributed by atoms with Gasteiger partial charge in [0.1, 0.15) is 0 Å². The largest absolute Gasteiger partial charge is 0.383 e. The van der Waals surface area contributed by atoms with Crippen LogP contribution < -0.4 is 10.6 Å². The topological polar surface area (TPSA) is 33.3 Å². The van der Waals surface area contributed by atoms with Crippen LogP contribution in [0.4, 0.5) is 11.4 Å². The predicted molar refractivity (Wildman–Crippen MR) is 129 cm³/mol. The zero-order chi connectivity index (χ0) is 21.5. The van der Waals surface area contributed by atoms with Crippen LogP contribution in [0.2, 0.25) is 10.0 Å². The highest BCUT2D eigenvalue weighted by Crippen LogP contribution is 2.33. The molecule has 158 valence electrons. The lowest BCUT2D eigenvalue weighted by Gasteiger charge is -2.23. The smallest absolute Gasteiger partial charge is 0.0667 e. The number of methoxy groups -OCH3 is 1. The van der Waals surface area contributed by atoms with E-state index >= 15 is 0 Å². The maximum Gasteiger partial charge on any atom is 0.0667 e. The van der Waals surface area contributed by atoms with Crippen LogP contribution in [0, 0.1) is 13.8 Å². The van der Waals surface area contributed by atoms with E-state index in [0.29, 0.717) is 23.2 Å². The summed E-state index contributed by atoms with van der Waals surface area (Å²) >= 11 is 12.6. The van der Waals surface area contributed by atoms with Gasteiger partial charge in [-0.15, -0.1) is 0 Å². The molecule has 0 amide bonds. The van der Waals surface area contributed by atoms with Crippen LogP contribution in [0.1, 0.15) is 22.3 Å². The second-order valence-corrected chi connectivity index (χ2v) is 8.45. The highest BCUT2D eigenvalue weighted by molar-refractivity contribution is 6.42. The number of rotatable bonds is 9. The third-order valence-electron chi connectivity index (χ3n) is 4.99. The Kier molecular flexibility index (Phi) is 8.03. The van der Waals surface area contributed by atoms with E-state index in [1.807, 2.05) is 12.1 Å². The van der Waals surface area contributed by atoms with Gasteiger partial charge in [-0.25, -0.2) is 0 Å². The first-order valence-electron chi connectivity index (χ1n) is 10.0. The average Bonchev–Trinajstić information content (AvgIpc) is 2.72. The van der Waals surface area contributed by atoms with Crippen LogP contribution in [0.5, 0.6) is 0 Å². The van der Waals surface area contributed by atoms with Crippen molar-refractivity contribution in [1.82, 2.24) is 0 Å². The molecule has 3 aromatic rings. The van der Waals surface area contributed by atoms with Crippen molar-refractivity contribution in [2.45, 2.75) is 32.9 Å². The maximum absolute atomic E-state index is 6.33. The molecule has 0 spiro atoms. The van der Waals surface area contributed by atoms with Gasteiger partial charge in [0.25, 0.3) is 0 Å². The SMILES string of the molecule is COC[C@H](Cc1ccc(C)cc1)Nc1cc(Cl)c(Cl)cc1NCc1ccc(C)cc1. The Bertz CT molecular complexity index is 956. The van der Waals surface area contributed by atoms with Crippen LogP contribution >= 0.6 is 23.2 Å².